The molecule has 160 valence electrons. The summed E-state index contributed by atoms with van der Waals surface area (Å²) in [5.74, 6) is -0.575. The molecule has 0 bridgehead atoms. The summed E-state index contributed by atoms with van der Waals surface area (Å²) >= 11 is 0. The van der Waals surface area contributed by atoms with Crippen molar-refractivity contribution in [1.29, 1.82) is 0 Å². The number of benzene rings is 2. The first kappa shape index (κ1) is 21.8. The number of para-hydroxylation sites is 2. The minimum atomic E-state index is -4.55. The van der Waals surface area contributed by atoms with Crippen LogP contribution in [0.4, 0.5) is 24.5 Å². The van der Waals surface area contributed by atoms with E-state index in [-0.39, 0.29) is 24.6 Å². The number of carbonyl (C=O) groups is 2. The molecule has 1 aliphatic heterocycles. The van der Waals surface area contributed by atoms with Crippen LogP contribution in [0.5, 0.6) is 0 Å². The van der Waals surface area contributed by atoms with E-state index in [1.165, 1.54) is 18.2 Å². The van der Waals surface area contributed by atoms with Crippen molar-refractivity contribution in [2.24, 2.45) is 0 Å². The Kier molecular flexibility index (Phi) is 6.77. The van der Waals surface area contributed by atoms with Crippen LogP contribution in [-0.4, -0.2) is 42.9 Å². The molecule has 5 nitrogen and oxygen atoms in total. The first-order chi connectivity index (χ1) is 14.3. The van der Waals surface area contributed by atoms with Crippen LogP contribution < -0.4 is 10.2 Å². The number of rotatable bonds is 7. The van der Waals surface area contributed by atoms with E-state index in [0.29, 0.717) is 19.6 Å². The number of nitrogens with one attached hydrogen (secondary N) is 1. The number of likely N-dealkylation sites (N-methyl/N-ethyl adjacent to an activating group) is 1. The number of hydrogen-bond acceptors (Lipinski definition) is 3. The molecule has 0 saturated carbocycles. The highest BCUT2D eigenvalue weighted by atomic mass is 19.4. The Morgan fingerprint density at radius 2 is 1.80 bits per heavy atom. The molecule has 0 aliphatic carbocycles. The van der Waals surface area contributed by atoms with Crippen LogP contribution in [0.1, 0.15) is 24.5 Å². The van der Waals surface area contributed by atoms with E-state index in [1.807, 2.05) is 31.2 Å². The Bertz CT molecular complexity index is 914. The number of hydrogen-bond donors (Lipinski definition) is 1. The van der Waals surface area contributed by atoms with Crippen molar-refractivity contribution in [1.82, 2.24) is 4.90 Å². The van der Waals surface area contributed by atoms with Gasteiger partial charge in [0.25, 0.3) is 0 Å². The van der Waals surface area contributed by atoms with E-state index in [0.717, 1.165) is 23.7 Å². The quantitative estimate of drug-likeness (QED) is 0.740. The number of amides is 2. The van der Waals surface area contributed by atoms with Crippen LogP contribution in [0.2, 0.25) is 0 Å². The highest BCUT2D eigenvalue weighted by molar-refractivity contribution is 5.96. The molecule has 0 atom stereocenters. The van der Waals surface area contributed by atoms with Crippen LogP contribution in [0.15, 0.2) is 48.5 Å². The van der Waals surface area contributed by atoms with Crippen molar-refractivity contribution in [2.45, 2.75) is 25.9 Å². The summed E-state index contributed by atoms with van der Waals surface area (Å²) in [4.78, 5) is 28.4. The minimum Gasteiger partial charge on any atom is -0.324 e. The molecule has 1 heterocycles. The van der Waals surface area contributed by atoms with Crippen molar-refractivity contribution in [3.63, 3.8) is 0 Å². The number of anilines is 2. The number of carbonyl (C=O) groups excluding carboxylic acids is 2. The summed E-state index contributed by atoms with van der Waals surface area (Å²) in [6, 6.07) is 12.6. The smallest absolute Gasteiger partial charge is 0.324 e. The first-order valence-electron chi connectivity index (χ1n) is 9.86. The Morgan fingerprint density at radius 3 is 2.53 bits per heavy atom. The maximum absolute atomic E-state index is 13.1. The molecule has 0 unspecified atom stereocenters. The molecule has 0 radical (unpaired) electrons. The zero-order valence-electron chi connectivity index (χ0n) is 16.7. The largest absolute Gasteiger partial charge is 0.418 e. The molecule has 0 aromatic heterocycles. The van der Waals surface area contributed by atoms with Crippen molar-refractivity contribution in [3.8, 4) is 0 Å². The second kappa shape index (κ2) is 9.30. The predicted molar refractivity (Wildman–Crippen MR) is 109 cm³/mol. The van der Waals surface area contributed by atoms with E-state index in [9.17, 15) is 22.8 Å². The molecular weight excluding hydrogens is 395 g/mol. The predicted octanol–water partition coefficient (Wildman–Crippen LogP) is 3.95. The Morgan fingerprint density at radius 1 is 1.10 bits per heavy atom. The number of nitrogens with zero attached hydrogens (tertiary/aromatic N) is 2. The van der Waals surface area contributed by atoms with Crippen LogP contribution in [0.3, 0.4) is 0 Å². The molecule has 0 fully saturated rings. The van der Waals surface area contributed by atoms with Crippen LogP contribution in [0, 0.1) is 0 Å². The lowest BCUT2D eigenvalue weighted by Gasteiger charge is -2.22. The average molecular weight is 419 g/mol. The van der Waals surface area contributed by atoms with Gasteiger partial charge in [-0.2, -0.15) is 13.2 Å². The highest BCUT2D eigenvalue weighted by Gasteiger charge is 2.33. The van der Waals surface area contributed by atoms with Gasteiger partial charge >= 0.3 is 6.18 Å². The standard InChI is InChI=1S/C22H24F3N3O2/c1-2-27(13-12-21(30)28-14-11-16-7-3-6-10-19(16)28)15-20(29)26-18-9-5-4-8-17(18)22(23,24)25/h3-10H,2,11-15H2,1H3,(H,26,29). The Labute approximate surface area is 173 Å². The van der Waals surface area contributed by atoms with Crippen molar-refractivity contribution in [3.05, 3.63) is 59.7 Å². The lowest BCUT2D eigenvalue weighted by atomic mass is 10.1. The van der Waals surface area contributed by atoms with Gasteiger partial charge in [0.2, 0.25) is 11.8 Å². The van der Waals surface area contributed by atoms with Crippen LogP contribution in [-0.2, 0) is 22.2 Å². The molecule has 2 aromatic carbocycles. The lowest BCUT2D eigenvalue weighted by Crippen LogP contribution is -2.37. The molecule has 30 heavy (non-hydrogen) atoms. The molecule has 2 amide bonds. The van der Waals surface area contributed by atoms with Gasteiger partial charge < -0.3 is 10.2 Å². The summed E-state index contributed by atoms with van der Waals surface area (Å²) < 4.78 is 39.3. The van der Waals surface area contributed by atoms with Gasteiger partial charge in [-0.3, -0.25) is 14.5 Å². The summed E-state index contributed by atoms with van der Waals surface area (Å²) in [6.45, 7) is 3.23. The van der Waals surface area contributed by atoms with E-state index in [1.54, 1.807) is 9.80 Å². The molecule has 8 heteroatoms. The number of fused-ring (bicyclic) bond motifs is 1. The third kappa shape index (κ3) is 5.18. The third-order valence-corrected chi connectivity index (χ3v) is 5.15. The van der Waals surface area contributed by atoms with Crippen LogP contribution >= 0.6 is 0 Å². The zero-order valence-corrected chi connectivity index (χ0v) is 16.7. The Hall–Kier alpha value is -2.87. The van der Waals surface area contributed by atoms with Crippen molar-refractivity contribution < 1.29 is 22.8 Å². The third-order valence-electron chi connectivity index (χ3n) is 5.15. The summed E-state index contributed by atoms with van der Waals surface area (Å²) in [6.07, 6.45) is -3.50. The van der Waals surface area contributed by atoms with Gasteiger partial charge in [-0.15, -0.1) is 0 Å². The molecule has 0 saturated heterocycles. The second-order valence-corrected chi connectivity index (χ2v) is 7.13. The van der Waals surface area contributed by atoms with Crippen LogP contribution in [0.25, 0.3) is 0 Å². The number of alkyl halides is 3. The molecule has 1 N–H and O–H groups in total. The maximum atomic E-state index is 13.1. The van der Waals surface area contributed by atoms with E-state index < -0.39 is 17.6 Å². The monoisotopic (exact) mass is 419 g/mol. The Balaban J connectivity index is 1.55. The van der Waals surface area contributed by atoms with Gasteiger partial charge in [0.05, 0.1) is 17.8 Å². The summed E-state index contributed by atoms with van der Waals surface area (Å²) in [7, 11) is 0. The van der Waals surface area contributed by atoms with Crippen molar-refractivity contribution >= 4 is 23.2 Å². The molecule has 1 aliphatic rings. The molecular formula is C22H24F3N3O2. The molecule has 3 rings (SSSR count). The van der Waals surface area contributed by atoms with E-state index in [2.05, 4.69) is 5.32 Å². The lowest BCUT2D eigenvalue weighted by molar-refractivity contribution is -0.137. The van der Waals surface area contributed by atoms with Gasteiger partial charge in [0, 0.05) is 25.2 Å². The van der Waals surface area contributed by atoms with Gasteiger partial charge in [-0.05, 0) is 36.7 Å². The summed E-state index contributed by atoms with van der Waals surface area (Å²) in [5.41, 5.74) is 0.910. The zero-order chi connectivity index (χ0) is 21.7. The fourth-order valence-electron chi connectivity index (χ4n) is 3.57. The minimum absolute atomic E-state index is 0.0266. The average Bonchev–Trinajstić information content (AvgIpc) is 3.14. The van der Waals surface area contributed by atoms with Gasteiger partial charge in [0.15, 0.2) is 0 Å². The SMILES string of the molecule is CCN(CCC(=O)N1CCc2ccccc21)CC(=O)Nc1ccccc1C(F)(F)F. The van der Waals surface area contributed by atoms with E-state index in [4.69, 9.17) is 0 Å². The molecule has 2 aromatic rings. The molecule has 0 spiro atoms. The fourth-order valence-corrected chi connectivity index (χ4v) is 3.57. The van der Waals surface area contributed by atoms with Crippen molar-refractivity contribution in [2.75, 3.05) is 36.4 Å². The van der Waals surface area contributed by atoms with E-state index >= 15 is 0 Å². The van der Waals surface area contributed by atoms with Gasteiger partial charge in [-0.1, -0.05) is 37.3 Å². The second-order valence-electron chi connectivity index (χ2n) is 7.13. The van der Waals surface area contributed by atoms with Gasteiger partial charge in [-0.25, -0.2) is 0 Å². The fraction of sp³-hybridized carbons (Fsp3) is 0.364. The number of halogens is 3. The normalized spacial score (nSPS) is 13.4. The highest BCUT2D eigenvalue weighted by Crippen LogP contribution is 2.34. The topological polar surface area (TPSA) is 52.7 Å². The summed E-state index contributed by atoms with van der Waals surface area (Å²) in [5, 5.41) is 2.34. The first-order valence-corrected chi connectivity index (χ1v) is 9.86. The van der Waals surface area contributed by atoms with Gasteiger partial charge in [0.1, 0.15) is 0 Å². The maximum Gasteiger partial charge on any atom is 0.418 e.